The Morgan fingerprint density at radius 3 is 2.57 bits per heavy atom. The van der Waals surface area contributed by atoms with E-state index < -0.39 is 5.60 Å². The molecule has 2 saturated carbocycles. The largest absolute Gasteiger partial charge is 0.390 e. The summed E-state index contributed by atoms with van der Waals surface area (Å²) in [6.07, 6.45) is 8.91. The van der Waals surface area contributed by atoms with Gasteiger partial charge in [0, 0.05) is 18.3 Å². The highest BCUT2D eigenvalue weighted by Crippen LogP contribution is 2.39. The van der Waals surface area contributed by atoms with Crippen molar-refractivity contribution in [1.29, 1.82) is 0 Å². The Labute approximate surface area is 180 Å². The summed E-state index contributed by atoms with van der Waals surface area (Å²) < 4.78 is 1.11. The van der Waals surface area contributed by atoms with E-state index >= 15 is 0 Å². The lowest BCUT2D eigenvalue weighted by Crippen LogP contribution is -2.30. The van der Waals surface area contributed by atoms with E-state index in [-0.39, 0.29) is 6.04 Å². The van der Waals surface area contributed by atoms with Crippen molar-refractivity contribution in [2.24, 2.45) is 5.92 Å². The molecular weight excluding hydrogens is 396 g/mol. The molecule has 7 nitrogen and oxygen atoms in total. The minimum absolute atomic E-state index is 0.277. The van der Waals surface area contributed by atoms with Crippen molar-refractivity contribution < 1.29 is 5.11 Å². The molecule has 0 spiro atoms. The van der Waals surface area contributed by atoms with E-state index in [1.807, 2.05) is 26.8 Å². The molecule has 3 aromatic heterocycles. The molecule has 0 aromatic carbocycles. The molecule has 3 N–H and O–H groups in total. The number of fused-ring (bicyclic) bond motifs is 1. The van der Waals surface area contributed by atoms with Gasteiger partial charge >= 0.3 is 0 Å². The summed E-state index contributed by atoms with van der Waals surface area (Å²) in [7, 11) is 0. The fourth-order valence-corrected chi connectivity index (χ4v) is 5.27. The first-order valence-electron chi connectivity index (χ1n) is 10.7. The van der Waals surface area contributed by atoms with Crippen LogP contribution in [0.1, 0.15) is 51.6 Å². The average Bonchev–Trinajstić information content (AvgIpc) is 3.19. The SMILES string of the molecule is Cc1nc(NC2CC2)nc(NC2CCC(C(C)(C)O)C2)c1-c1nc2cnccc2s1. The third-order valence-corrected chi connectivity index (χ3v) is 7.23. The van der Waals surface area contributed by atoms with Crippen molar-refractivity contribution in [1.82, 2.24) is 19.9 Å². The zero-order valence-corrected chi connectivity index (χ0v) is 18.5. The van der Waals surface area contributed by atoms with Gasteiger partial charge < -0.3 is 15.7 Å². The molecule has 2 atom stereocenters. The lowest BCUT2D eigenvalue weighted by molar-refractivity contribution is 0.0197. The molecular formula is C22H28N6OS. The number of aliphatic hydroxyl groups is 1. The van der Waals surface area contributed by atoms with Crippen LogP contribution < -0.4 is 10.6 Å². The second-order valence-electron chi connectivity index (χ2n) is 9.14. The minimum atomic E-state index is -0.653. The van der Waals surface area contributed by atoms with Crippen LogP contribution in [0.4, 0.5) is 11.8 Å². The lowest BCUT2D eigenvalue weighted by Gasteiger charge is -2.25. The van der Waals surface area contributed by atoms with Crippen molar-refractivity contribution in [2.45, 2.75) is 70.6 Å². The van der Waals surface area contributed by atoms with Gasteiger partial charge in [0.2, 0.25) is 5.95 Å². The number of pyridine rings is 1. The molecule has 0 saturated heterocycles. The van der Waals surface area contributed by atoms with Gasteiger partial charge in [-0.2, -0.15) is 4.98 Å². The standard InChI is InChI=1S/C22H28N6OS/c1-12-18(20-27-16-11-23-9-8-17(16)30-20)19(28-21(24-12)26-14-6-7-14)25-15-5-4-13(10-15)22(2,3)29/h8-9,11,13-15,29H,4-7,10H2,1-3H3,(H2,24,25,26,28). The topological polar surface area (TPSA) is 95.9 Å². The van der Waals surface area contributed by atoms with E-state index in [9.17, 15) is 5.11 Å². The normalized spacial score (nSPS) is 21.9. The minimum Gasteiger partial charge on any atom is -0.390 e. The number of hydrogen-bond donors (Lipinski definition) is 3. The molecule has 3 heterocycles. The highest BCUT2D eigenvalue weighted by atomic mass is 32.1. The van der Waals surface area contributed by atoms with Gasteiger partial charge in [-0.3, -0.25) is 4.98 Å². The Hall–Kier alpha value is -2.32. The monoisotopic (exact) mass is 424 g/mol. The fraction of sp³-hybridized carbons (Fsp3) is 0.545. The maximum atomic E-state index is 10.4. The Balaban J connectivity index is 1.50. The molecule has 2 aliphatic rings. The maximum absolute atomic E-state index is 10.4. The smallest absolute Gasteiger partial charge is 0.225 e. The van der Waals surface area contributed by atoms with Crippen LogP contribution in [0.15, 0.2) is 18.5 Å². The molecule has 8 heteroatoms. The summed E-state index contributed by atoms with van der Waals surface area (Å²) in [6.45, 7) is 5.85. The van der Waals surface area contributed by atoms with E-state index in [0.29, 0.717) is 17.9 Å². The molecule has 0 bridgehead atoms. The summed E-state index contributed by atoms with van der Waals surface area (Å²) in [4.78, 5) is 18.6. The van der Waals surface area contributed by atoms with Gasteiger partial charge in [-0.25, -0.2) is 9.97 Å². The number of thiazole rings is 1. The second kappa shape index (κ2) is 7.42. The van der Waals surface area contributed by atoms with Crippen LogP contribution in [0.25, 0.3) is 20.8 Å². The third-order valence-electron chi connectivity index (χ3n) is 6.18. The molecule has 30 heavy (non-hydrogen) atoms. The summed E-state index contributed by atoms with van der Waals surface area (Å²) >= 11 is 1.64. The van der Waals surface area contributed by atoms with E-state index in [0.717, 1.165) is 51.6 Å². The van der Waals surface area contributed by atoms with E-state index in [1.165, 1.54) is 12.8 Å². The van der Waals surface area contributed by atoms with Crippen molar-refractivity contribution in [2.75, 3.05) is 10.6 Å². The number of aryl methyl sites for hydroxylation is 1. The number of anilines is 2. The zero-order chi connectivity index (χ0) is 20.9. The summed E-state index contributed by atoms with van der Waals surface area (Å²) in [5.74, 6) is 1.80. The highest BCUT2D eigenvalue weighted by Gasteiger charge is 2.35. The van der Waals surface area contributed by atoms with Crippen molar-refractivity contribution in [3.8, 4) is 10.6 Å². The molecule has 0 aliphatic heterocycles. The number of nitrogens with one attached hydrogen (secondary N) is 2. The predicted molar refractivity (Wildman–Crippen MR) is 121 cm³/mol. The first kappa shape index (κ1) is 19.6. The molecule has 2 fully saturated rings. The first-order valence-corrected chi connectivity index (χ1v) is 11.5. The van der Waals surface area contributed by atoms with Gasteiger partial charge in [-0.05, 0) is 64.9 Å². The fourth-order valence-electron chi connectivity index (χ4n) is 4.24. The van der Waals surface area contributed by atoms with Crippen LogP contribution in [0.2, 0.25) is 0 Å². The lowest BCUT2D eigenvalue weighted by atomic mass is 9.89. The Morgan fingerprint density at radius 1 is 1.07 bits per heavy atom. The Kier molecular flexibility index (Phi) is 4.86. The van der Waals surface area contributed by atoms with Gasteiger partial charge in [-0.15, -0.1) is 11.3 Å². The summed E-state index contributed by atoms with van der Waals surface area (Å²) in [6, 6.07) is 2.76. The Bertz CT molecular complexity index is 1040. The summed E-state index contributed by atoms with van der Waals surface area (Å²) in [5.41, 5.74) is 2.12. The number of hydrogen-bond acceptors (Lipinski definition) is 8. The van der Waals surface area contributed by atoms with Crippen LogP contribution in [-0.4, -0.2) is 42.7 Å². The number of aromatic nitrogens is 4. The van der Waals surface area contributed by atoms with E-state index in [1.54, 1.807) is 23.7 Å². The third kappa shape index (κ3) is 3.98. The van der Waals surface area contributed by atoms with Gasteiger partial charge in [0.05, 0.1) is 27.8 Å². The van der Waals surface area contributed by atoms with Crippen LogP contribution in [0.3, 0.4) is 0 Å². The second-order valence-corrected chi connectivity index (χ2v) is 10.2. The van der Waals surface area contributed by atoms with Gasteiger partial charge in [0.25, 0.3) is 0 Å². The van der Waals surface area contributed by atoms with E-state index in [2.05, 4.69) is 15.6 Å². The van der Waals surface area contributed by atoms with Crippen LogP contribution in [-0.2, 0) is 0 Å². The molecule has 2 aliphatic carbocycles. The average molecular weight is 425 g/mol. The quantitative estimate of drug-likeness (QED) is 0.540. The predicted octanol–water partition coefficient (Wildman–Crippen LogP) is 4.38. The van der Waals surface area contributed by atoms with Crippen molar-refractivity contribution >= 4 is 33.3 Å². The maximum Gasteiger partial charge on any atom is 0.225 e. The molecule has 0 radical (unpaired) electrons. The molecule has 0 amide bonds. The van der Waals surface area contributed by atoms with Crippen LogP contribution in [0, 0.1) is 12.8 Å². The van der Waals surface area contributed by atoms with Crippen molar-refractivity contribution in [3.63, 3.8) is 0 Å². The highest BCUT2D eigenvalue weighted by molar-refractivity contribution is 7.21. The van der Waals surface area contributed by atoms with Gasteiger partial charge in [-0.1, -0.05) is 0 Å². The van der Waals surface area contributed by atoms with Gasteiger partial charge in [0.15, 0.2) is 0 Å². The molecule has 3 aromatic rings. The molecule has 158 valence electrons. The molecule has 2 unspecified atom stereocenters. The first-order chi connectivity index (χ1) is 14.4. The number of rotatable bonds is 6. The van der Waals surface area contributed by atoms with E-state index in [4.69, 9.17) is 15.0 Å². The van der Waals surface area contributed by atoms with Crippen molar-refractivity contribution in [3.05, 3.63) is 24.2 Å². The molecule has 5 rings (SSSR count). The zero-order valence-electron chi connectivity index (χ0n) is 17.6. The Morgan fingerprint density at radius 2 is 1.87 bits per heavy atom. The van der Waals surface area contributed by atoms with Gasteiger partial charge in [0.1, 0.15) is 16.3 Å². The van der Waals surface area contributed by atoms with Crippen LogP contribution >= 0.6 is 11.3 Å². The van der Waals surface area contributed by atoms with Crippen LogP contribution in [0.5, 0.6) is 0 Å². The number of nitrogens with zero attached hydrogens (tertiary/aromatic N) is 4. The summed E-state index contributed by atoms with van der Waals surface area (Å²) in [5, 5.41) is 18.5.